The molecule has 64 heavy (non-hydrogen) atoms. The van der Waals surface area contributed by atoms with E-state index < -0.39 is 0 Å². The van der Waals surface area contributed by atoms with E-state index in [4.69, 9.17) is 0 Å². The van der Waals surface area contributed by atoms with E-state index >= 15 is 0 Å². The summed E-state index contributed by atoms with van der Waals surface area (Å²) in [6.45, 7) is 21.7. The fourth-order valence-electron chi connectivity index (χ4n) is 9.19. The topological polar surface area (TPSA) is 50.3 Å². The van der Waals surface area contributed by atoms with Crippen molar-refractivity contribution in [3.8, 4) is 0 Å². The van der Waals surface area contributed by atoms with Crippen LogP contribution in [0.5, 0.6) is 0 Å². The summed E-state index contributed by atoms with van der Waals surface area (Å²) < 4.78 is 0. The molecule has 0 aromatic carbocycles. The molecule has 0 aliphatic carbocycles. The Bertz CT molecular complexity index is 928. The summed E-state index contributed by atoms with van der Waals surface area (Å²) in [7, 11) is 3.99. The van der Waals surface area contributed by atoms with E-state index in [2.05, 4.69) is 49.3 Å². The summed E-state index contributed by atoms with van der Waals surface area (Å²) in [5.41, 5.74) is 0. The first kappa shape index (κ1) is 62.8. The van der Waals surface area contributed by atoms with E-state index in [1.165, 1.54) is 238 Å². The SMILES string of the molecule is CCCCCCCCCN(CCCCCCCCC)CCN(CCCCCCCCC)CC(=O)N(C)CCCCN(C)C(=O)CN(CCCCCCCCC)CCCCCCCCC. The first-order valence-electron chi connectivity index (χ1n) is 29.0. The quantitative estimate of drug-likeness (QED) is 0.0569. The Kier molecular flexibility index (Phi) is 48.8. The maximum atomic E-state index is 13.7. The first-order valence-corrected chi connectivity index (χ1v) is 29.0. The van der Waals surface area contributed by atoms with Gasteiger partial charge in [-0.1, -0.05) is 227 Å². The Morgan fingerprint density at radius 2 is 0.422 bits per heavy atom. The number of likely N-dealkylation sites (N-methyl/N-ethyl adjacent to an activating group) is 2. The van der Waals surface area contributed by atoms with Gasteiger partial charge >= 0.3 is 0 Å². The minimum absolute atomic E-state index is 0.254. The number of hydrogen-bond acceptors (Lipinski definition) is 5. The third-order valence-electron chi connectivity index (χ3n) is 13.9. The van der Waals surface area contributed by atoms with Crippen molar-refractivity contribution < 1.29 is 9.59 Å². The van der Waals surface area contributed by atoms with Crippen LogP contribution in [0.2, 0.25) is 0 Å². The number of unbranched alkanes of at least 4 members (excludes halogenated alkanes) is 31. The van der Waals surface area contributed by atoms with Crippen LogP contribution in [0.25, 0.3) is 0 Å². The van der Waals surface area contributed by atoms with Gasteiger partial charge in [-0.2, -0.15) is 0 Å². The highest BCUT2D eigenvalue weighted by molar-refractivity contribution is 5.78. The molecular weight excluding hydrogens is 787 g/mol. The predicted octanol–water partition coefficient (Wildman–Crippen LogP) is 15.3. The largest absolute Gasteiger partial charge is 0.345 e. The number of hydrogen-bond donors (Lipinski definition) is 0. The Balaban J connectivity index is 5.14. The summed E-state index contributed by atoms with van der Waals surface area (Å²) >= 11 is 0. The molecule has 0 aromatic rings. The van der Waals surface area contributed by atoms with Crippen molar-refractivity contribution in [3.63, 3.8) is 0 Å². The fraction of sp³-hybridized carbons (Fsp3) is 0.965. The van der Waals surface area contributed by atoms with Crippen LogP contribution in [0.1, 0.15) is 272 Å². The molecule has 7 heteroatoms. The van der Waals surface area contributed by atoms with Crippen LogP contribution in [0.15, 0.2) is 0 Å². The lowest BCUT2D eigenvalue weighted by Crippen LogP contribution is -2.43. The summed E-state index contributed by atoms with van der Waals surface area (Å²) in [6, 6.07) is 0. The molecule has 0 saturated carbocycles. The zero-order valence-electron chi connectivity index (χ0n) is 45.0. The fourth-order valence-corrected chi connectivity index (χ4v) is 9.19. The highest BCUT2D eigenvalue weighted by Gasteiger charge is 2.18. The monoisotopic (exact) mass is 904 g/mol. The van der Waals surface area contributed by atoms with Crippen molar-refractivity contribution >= 4 is 11.8 Å². The third kappa shape index (κ3) is 42.2. The van der Waals surface area contributed by atoms with Crippen molar-refractivity contribution in [3.05, 3.63) is 0 Å². The highest BCUT2D eigenvalue weighted by atomic mass is 16.2. The van der Waals surface area contributed by atoms with Crippen molar-refractivity contribution in [1.82, 2.24) is 24.5 Å². The van der Waals surface area contributed by atoms with Gasteiger partial charge in [-0.3, -0.25) is 19.4 Å². The average molecular weight is 905 g/mol. The van der Waals surface area contributed by atoms with Gasteiger partial charge in [0.2, 0.25) is 11.8 Å². The van der Waals surface area contributed by atoms with E-state index in [1.54, 1.807) is 0 Å². The van der Waals surface area contributed by atoms with Crippen molar-refractivity contribution in [1.29, 1.82) is 0 Å². The number of carbonyl (C=O) groups excluding carboxylic acids is 2. The van der Waals surface area contributed by atoms with Gasteiger partial charge in [0.25, 0.3) is 0 Å². The molecule has 382 valence electrons. The van der Waals surface area contributed by atoms with Crippen LogP contribution in [0.3, 0.4) is 0 Å². The van der Waals surface area contributed by atoms with E-state index in [0.29, 0.717) is 13.1 Å². The van der Waals surface area contributed by atoms with Gasteiger partial charge in [-0.25, -0.2) is 0 Å². The van der Waals surface area contributed by atoms with Gasteiger partial charge in [-0.05, 0) is 77.7 Å². The molecule has 7 nitrogen and oxygen atoms in total. The van der Waals surface area contributed by atoms with E-state index in [0.717, 1.165) is 58.7 Å². The highest BCUT2D eigenvalue weighted by Crippen LogP contribution is 2.14. The lowest BCUT2D eigenvalue weighted by atomic mass is 10.1. The third-order valence-corrected chi connectivity index (χ3v) is 13.9. The second-order valence-corrected chi connectivity index (χ2v) is 20.3. The number of carbonyl (C=O) groups is 2. The number of nitrogens with zero attached hydrogens (tertiary/aromatic N) is 5. The Labute approximate surface area is 402 Å². The Hall–Kier alpha value is -1.18. The normalized spacial score (nSPS) is 11.8. The molecule has 0 aliphatic heterocycles. The Morgan fingerprint density at radius 1 is 0.234 bits per heavy atom. The molecule has 0 rings (SSSR count). The predicted molar refractivity (Wildman–Crippen MR) is 284 cm³/mol. The minimum atomic E-state index is 0.254. The van der Waals surface area contributed by atoms with Crippen molar-refractivity contribution in [2.45, 2.75) is 272 Å². The van der Waals surface area contributed by atoms with E-state index in [-0.39, 0.29) is 11.8 Å². The summed E-state index contributed by atoms with van der Waals surface area (Å²) in [4.78, 5) is 38.8. The maximum Gasteiger partial charge on any atom is 0.236 e. The zero-order valence-corrected chi connectivity index (χ0v) is 45.0. The average Bonchev–Trinajstić information content (AvgIpc) is 3.29. The molecule has 0 fully saturated rings. The van der Waals surface area contributed by atoms with Gasteiger partial charge in [0, 0.05) is 40.3 Å². The van der Waals surface area contributed by atoms with Crippen LogP contribution >= 0.6 is 0 Å². The molecule has 0 N–H and O–H groups in total. The molecule has 0 unspecified atom stereocenters. The van der Waals surface area contributed by atoms with Crippen LogP contribution in [0, 0.1) is 0 Å². The van der Waals surface area contributed by atoms with Gasteiger partial charge in [0.15, 0.2) is 0 Å². The number of amides is 2. The van der Waals surface area contributed by atoms with Crippen LogP contribution < -0.4 is 0 Å². The summed E-state index contributed by atoms with van der Waals surface area (Å²) in [5, 5.41) is 0. The van der Waals surface area contributed by atoms with Crippen LogP contribution in [-0.4, -0.2) is 122 Å². The van der Waals surface area contributed by atoms with Gasteiger partial charge in [0.05, 0.1) is 13.1 Å². The molecule has 0 spiro atoms. The van der Waals surface area contributed by atoms with Gasteiger partial charge < -0.3 is 14.7 Å². The minimum Gasteiger partial charge on any atom is -0.345 e. The lowest BCUT2D eigenvalue weighted by Gasteiger charge is -2.29. The molecular formula is C57H117N5O2. The smallest absolute Gasteiger partial charge is 0.236 e. The molecule has 0 aliphatic rings. The second-order valence-electron chi connectivity index (χ2n) is 20.3. The van der Waals surface area contributed by atoms with Crippen LogP contribution in [0.4, 0.5) is 0 Å². The van der Waals surface area contributed by atoms with E-state index in [9.17, 15) is 9.59 Å². The Morgan fingerprint density at radius 3 is 0.688 bits per heavy atom. The van der Waals surface area contributed by atoms with E-state index in [1.807, 2.05) is 23.9 Å². The molecule has 2 amide bonds. The molecule has 0 saturated heterocycles. The van der Waals surface area contributed by atoms with Gasteiger partial charge in [0.1, 0.15) is 0 Å². The summed E-state index contributed by atoms with van der Waals surface area (Å²) in [6.07, 6.45) is 48.3. The number of rotatable bonds is 52. The summed E-state index contributed by atoms with van der Waals surface area (Å²) in [5.74, 6) is 0.508. The van der Waals surface area contributed by atoms with Crippen molar-refractivity contribution in [2.24, 2.45) is 0 Å². The second kappa shape index (κ2) is 49.7. The maximum absolute atomic E-state index is 13.7. The van der Waals surface area contributed by atoms with Crippen molar-refractivity contribution in [2.75, 3.05) is 86.1 Å². The van der Waals surface area contributed by atoms with Gasteiger partial charge in [-0.15, -0.1) is 0 Å². The van der Waals surface area contributed by atoms with Crippen LogP contribution in [-0.2, 0) is 9.59 Å². The molecule has 0 radical (unpaired) electrons. The molecule has 0 heterocycles. The molecule has 0 aromatic heterocycles. The molecule has 0 bridgehead atoms. The molecule has 0 atom stereocenters. The first-order chi connectivity index (χ1) is 31.3. The lowest BCUT2D eigenvalue weighted by molar-refractivity contribution is -0.132. The zero-order chi connectivity index (χ0) is 47.0. The standard InChI is InChI=1S/C57H117N5O2/c1-8-13-18-23-28-33-38-47-60(48-39-34-29-24-19-14-9-2)52-53-62(51-42-37-32-27-22-17-12-5)55-57(64)59(7)46-44-43-45-58(6)56(63)54-61(49-40-35-30-25-20-15-10-3)50-41-36-31-26-21-16-11-4/h8-55H2,1-7H3.